The van der Waals surface area contributed by atoms with E-state index in [-0.39, 0.29) is 12.3 Å². The Morgan fingerprint density at radius 1 is 1.64 bits per heavy atom. The van der Waals surface area contributed by atoms with Crippen LogP contribution in [0.15, 0.2) is 12.3 Å². The van der Waals surface area contributed by atoms with Crippen LogP contribution in [-0.4, -0.2) is 24.0 Å². The van der Waals surface area contributed by atoms with Gasteiger partial charge in [0.15, 0.2) is 0 Å². The molecule has 0 aromatic carbocycles. The number of nitrogens with zero attached hydrogens (tertiary/aromatic N) is 1. The molecule has 0 atom stereocenters. The number of fused-ring (bicyclic) bond motifs is 1. The molecule has 14 heavy (non-hydrogen) atoms. The second-order valence-electron chi connectivity index (χ2n) is 2.90. The Morgan fingerprint density at radius 3 is 3.14 bits per heavy atom. The van der Waals surface area contributed by atoms with E-state index in [0.29, 0.717) is 16.9 Å². The van der Waals surface area contributed by atoms with Crippen LogP contribution in [0.4, 0.5) is 5.82 Å². The summed E-state index contributed by atoms with van der Waals surface area (Å²) in [6, 6.07) is 1.55. The van der Waals surface area contributed by atoms with Crippen LogP contribution in [0.25, 0.3) is 0 Å². The molecule has 0 unspecified atom stereocenters. The number of methoxy groups -OCH3 is 1. The van der Waals surface area contributed by atoms with Crippen molar-refractivity contribution in [3.63, 3.8) is 0 Å². The molecule has 0 saturated carbocycles. The number of esters is 1. The van der Waals surface area contributed by atoms with Crippen LogP contribution in [0.2, 0.25) is 0 Å². The SMILES string of the molecule is COC(=O)c1ccnc2c1CC(=O)N2. The number of nitrogens with one attached hydrogen (secondary N) is 1. The average molecular weight is 192 g/mol. The lowest BCUT2D eigenvalue weighted by atomic mass is 10.1. The number of aromatic nitrogens is 1. The summed E-state index contributed by atoms with van der Waals surface area (Å²) < 4.78 is 4.59. The molecule has 0 fully saturated rings. The second-order valence-corrected chi connectivity index (χ2v) is 2.90. The fourth-order valence-electron chi connectivity index (χ4n) is 1.42. The minimum Gasteiger partial charge on any atom is -0.465 e. The van der Waals surface area contributed by atoms with Crippen LogP contribution in [0.5, 0.6) is 0 Å². The number of ether oxygens (including phenoxy) is 1. The number of pyridine rings is 1. The van der Waals surface area contributed by atoms with Gasteiger partial charge >= 0.3 is 5.97 Å². The van der Waals surface area contributed by atoms with Crippen molar-refractivity contribution in [2.24, 2.45) is 0 Å². The monoisotopic (exact) mass is 192 g/mol. The zero-order valence-electron chi connectivity index (χ0n) is 7.53. The number of rotatable bonds is 1. The van der Waals surface area contributed by atoms with E-state index in [1.54, 1.807) is 6.07 Å². The van der Waals surface area contributed by atoms with E-state index in [0.717, 1.165) is 0 Å². The molecule has 1 aromatic rings. The number of anilines is 1. The molecular weight excluding hydrogens is 184 g/mol. The first kappa shape index (κ1) is 8.68. The zero-order chi connectivity index (χ0) is 10.1. The summed E-state index contributed by atoms with van der Waals surface area (Å²) in [5.74, 6) is -0.137. The normalized spacial score (nSPS) is 13.4. The van der Waals surface area contributed by atoms with Gasteiger partial charge in [0, 0.05) is 11.8 Å². The minimum atomic E-state index is -0.444. The fourth-order valence-corrected chi connectivity index (χ4v) is 1.42. The summed E-state index contributed by atoms with van der Waals surface area (Å²) in [6.45, 7) is 0. The van der Waals surface area contributed by atoms with Gasteiger partial charge in [-0.1, -0.05) is 0 Å². The van der Waals surface area contributed by atoms with E-state index < -0.39 is 5.97 Å². The summed E-state index contributed by atoms with van der Waals surface area (Å²) in [7, 11) is 1.30. The average Bonchev–Trinajstić information content (AvgIpc) is 2.56. The second kappa shape index (κ2) is 3.10. The van der Waals surface area contributed by atoms with Crippen molar-refractivity contribution in [1.29, 1.82) is 0 Å². The Bertz CT molecular complexity index is 415. The minimum absolute atomic E-state index is 0.149. The van der Waals surface area contributed by atoms with E-state index >= 15 is 0 Å². The molecule has 5 heteroatoms. The molecule has 0 aliphatic carbocycles. The van der Waals surface area contributed by atoms with Crippen LogP contribution in [-0.2, 0) is 16.0 Å². The first-order valence-electron chi connectivity index (χ1n) is 4.08. The molecule has 0 bridgehead atoms. The van der Waals surface area contributed by atoms with Crippen LogP contribution >= 0.6 is 0 Å². The number of amides is 1. The maximum atomic E-state index is 11.3. The predicted molar refractivity (Wildman–Crippen MR) is 47.9 cm³/mol. The lowest BCUT2D eigenvalue weighted by molar-refractivity contribution is -0.115. The van der Waals surface area contributed by atoms with Gasteiger partial charge in [-0.15, -0.1) is 0 Å². The Balaban J connectivity index is 2.49. The zero-order valence-corrected chi connectivity index (χ0v) is 7.53. The van der Waals surface area contributed by atoms with Crippen molar-refractivity contribution in [2.45, 2.75) is 6.42 Å². The van der Waals surface area contributed by atoms with Gasteiger partial charge in [-0.2, -0.15) is 0 Å². The molecule has 2 heterocycles. The van der Waals surface area contributed by atoms with Crippen molar-refractivity contribution in [3.8, 4) is 0 Å². The van der Waals surface area contributed by atoms with Crippen LogP contribution in [0.1, 0.15) is 15.9 Å². The third-order valence-electron chi connectivity index (χ3n) is 2.06. The standard InChI is InChI=1S/C9H8N2O3/c1-14-9(13)5-2-3-10-8-6(5)4-7(12)11-8/h2-3H,4H2,1H3,(H,10,11,12). The molecule has 1 aliphatic heterocycles. The van der Waals surface area contributed by atoms with E-state index in [9.17, 15) is 9.59 Å². The molecule has 5 nitrogen and oxygen atoms in total. The first-order chi connectivity index (χ1) is 6.72. The van der Waals surface area contributed by atoms with E-state index in [1.165, 1.54) is 13.3 Å². The molecule has 1 N–H and O–H groups in total. The Morgan fingerprint density at radius 2 is 2.43 bits per heavy atom. The highest BCUT2D eigenvalue weighted by Crippen LogP contribution is 2.23. The summed E-state index contributed by atoms with van der Waals surface area (Å²) in [6.07, 6.45) is 1.66. The molecule has 72 valence electrons. The molecule has 1 aliphatic rings. The predicted octanol–water partition coefficient (Wildman–Crippen LogP) is 0.363. The molecular formula is C9H8N2O3. The Hall–Kier alpha value is -1.91. The third kappa shape index (κ3) is 1.22. The van der Waals surface area contributed by atoms with Gasteiger partial charge in [0.05, 0.1) is 19.1 Å². The summed E-state index contributed by atoms with van der Waals surface area (Å²) >= 11 is 0. The number of carbonyl (C=O) groups excluding carboxylic acids is 2. The van der Waals surface area contributed by atoms with Crippen molar-refractivity contribution >= 4 is 17.7 Å². The highest BCUT2D eigenvalue weighted by atomic mass is 16.5. The summed E-state index contributed by atoms with van der Waals surface area (Å²) in [5.41, 5.74) is 1.01. The van der Waals surface area contributed by atoms with E-state index in [4.69, 9.17) is 0 Å². The van der Waals surface area contributed by atoms with E-state index in [2.05, 4.69) is 15.0 Å². The summed E-state index contributed by atoms with van der Waals surface area (Å²) in [5, 5.41) is 2.56. The lowest BCUT2D eigenvalue weighted by Gasteiger charge is -2.03. The van der Waals surface area contributed by atoms with Gasteiger partial charge in [0.1, 0.15) is 5.82 Å². The van der Waals surface area contributed by atoms with Gasteiger partial charge in [0.25, 0.3) is 0 Å². The molecule has 1 aromatic heterocycles. The topological polar surface area (TPSA) is 68.3 Å². The van der Waals surface area contributed by atoms with Crippen LogP contribution in [0, 0.1) is 0 Å². The molecule has 0 saturated heterocycles. The van der Waals surface area contributed by atoms with Gasteiger partial charge in [-0.05, 0) is 6.07 Å². The third-order valence-corrected chi connectivity index (χ3v) is 2.06. The molecule has 0 spiro atoms. The smallest absolute Gasteiger partial charge is 0.338 e. The first-order valence-corrected chi connectivity index (χ1v) is 4.08. The number of hydrogen-bond acceptors (Lipinski definition) is 4. The highest BCUT2D eigenvalue weighted by molar-refractivity contribution is 6.03. The van der Waals surface area contributed by atoms with Gasteiger partial charge in [-0.3, -0.25) is 4.79 Å². The maximum absolute atomic E-state index is 11.3. The Kier molecular flexibility index (Phi) is 1.92. The van der Waals surface area contributed by atoms with Crippen molar-refractivity contribution < 1.29 is 14.3 Å². The quantitative estimate of drug-likeness (QED) is 0.652. The molecule has 1 amide bonds. The number of hydrogen-bond donors (Lipinski definition) is 1. The fraction of sp³-hybridized carbons (Fsp3) is 0.222. The van der Waals surface area contributed by atoms with Crippen molar-refractivity contribution in [2.75, 3.05) is 12.4 Å². The van der Waals surface area contributed by atoms with Gasteiger partial charge in [0.2, 0.25) is 5.91 Å². The highest BCUT2D eigenvalue weighted by Gasteiger charge is 2.24. The van der Waals surface area contributed by atoms with Gasteiger partial charge in [-0.25, -0.2) is 9.78 Å². The largest absolute Gasteiger partial charge is 0.465 e. The number of carbonyl (C=O) groups is 2. The molecule has 0 radical (unpaired) electrons. The van der Waals surface area contributed by atoms with Crippen molar-refractivity contribution in [3.05, 3.63) is 23.4 Å². The van der Waals surface area contributed by atoms with Crippen LogP contribution < -0.4 is 5.32 Å². The van der Waals surface area contributed by atoms with Gasteiger partial charge < -0.3 is 10.1 Å². The summed E-state index contributed by atoms with van der Waals surface area (Å²) in [4.78, 5) is 26.3. The lowest BCUT2D eigenvalue weighted by Crippen LogP contribution is -2.05. The van der Waals surface area contributed by atoms with Crippen LogP contribution in [0.3, 0.4) is 0 Å². The maximum Gasteiger partial charge on any atom is 0.338 e. The van der Waals surface area contributed by atoms with E-state index in [1.807, 2.05) is 0 Å². The molecule has 2 rings (SSSR count). The Labute approximate surface area is 80.1 Å². The van der Waals surface area contributed by atoms with Crippen molar-refractivity contribution in [1.82, 2.24) is 4.98 Å².